The quantitative estimate of drug-likeness (QED) is 0.745. The van der Waals surface area contributed by atoms with E-state index in [1.807, 2.05) is 50.2 Å². The second kappa shape index (κ2) is 5.44. The highest BCUT2D eigenvalue weighted by Crippen LogP contribution is 2.28. The van der Waals surface area contributed by atoms with Crippen molar-refractivity contribution in [1.29, 1.82) is 0 Å². The van der Waals surface area contributed by atoms with Gasteiger partial charge in [-0.15, -0.1) is 0 Å². The number of hydrogen-bond acceptors (Lipinski definition) is 3. The first-order valence-corrected chi connectivity index (χ1v) is 7.04. The van der Waals surface area contributed by atoms with Gasteiger partial charge in [0.15, 0.2) is 0 Å². The first-order chi connectivity index (χ1) is 10.1. The molecule has 3 nitrogen and oxygen atoms in total. The predicted molar refractivity (Wildman–Crippen MR) is 86.6 cm³/mol. The van der Waals surface area contributed by atoms with Crippen LogP contribution in [-0.2, 0) is 0 Å². The van der Waals surface area contributed by atoms with Gasteiger partial charge in [0, 0.05) is 22.8 Å². The molecule has 0 saturated carbocycles. The van der Waals surface area contributed by atoms with Crippen molar-refractivity contribution in [3.05, 3.63) is 65.9 Å². The zero-order valence-corrected chi connectivity index (χ0v) is 12.2. The summed E-state index contributed by atoms with van der Waals surface area (Å²) in [6, 6.07) is 15.9. The van der Waals surface area contributed by atoms with Crippen LogP contribution < -0.4 is 5.32 Å². The van der Waals surface area contributed by atoms with Crippen molar-refractivity contribution in [2.45, 2.75) is 19.9 Å². The lowest BCUT2D eigenvalue weighted by Gasteiger charge is -2.17. The number of phenolic OH excluding ortho intramolecular Hbond substituents is 1. The molecule has 0 fully saturated rings. The summed E-state index contributed by atoms with van der Waals surface area (Å²) < 4.78 is 0. The molecular weight excluding hydrogens is 260 g/mol. The van der Waals surface area contributed by atoms with Crippen LogP contribution >= 0.6 is 0 Å². The number of aromatic hydroxyl groups is 1. The highest BCUT2D eigenvalue weighted by Gasteiger charge is 2.10. The van der Waals surface area contributed by atoms with Crippen LogP contribution in [0.15, 0.2) is 54.7 Å². The van der Waals surface area contributed by atoms with Crippen molar-refractivity contribution < 1.29 is 5.11 Å². The van der Waals surface area contributed by atoms with E-state index in [0.29, 0.717) is 5.75 Å². The number of nitrogens with zero attached hydrogens (tertiary/aromatic N) is 1. The Morgan fingerprint density at radius 1 is 1.10 bits per heavy atom. The molecule has 2 aromatic carbocycles. The van der Waals surface area contributed by atoms with Gasteiger partial charge in [0.05, 0.1) is 11.6 Å². The number of pyridine rings is 1. The van der Waals surface area contributed by atoms with Gasteiger partial charge in [0.25, 0.3) is 0 Å². The molecule has 3 heteroatoms. The number of rotatable bonds is 3. The third kappa shape index (κ3) is 2.82. The number of fused-ring (bicyclic) bond motifs is 1. The first-order valence-electron chi connectivity index (χ1n) is 7.04. The van der Waals surface area contributed by atoms with E-state index >= 15 is 0 Å². The molecule has 0 radical (unpaired) electrons. The van der Waals surface area contributed by atoms with Crippen LogP contribution in [0.25, 0.3) is 10.9 Å². The van der Waals surface area contributed by atoms with Crippen molar-refractivity contribution in [1.82, 2.24) is 4.98 Å². The van der Waals surface area contributed by atoms with E-state index in [-0.39, 0.29) is 6.04 Å². The maximum Gasteiger partial charge on any atom is 0.121 e. The fraction of sp³-hybridized carbons (Fsp3) is 0.167. The van der Waals surface area contributed by atoms with Gasteiger partial charge in [0.2, 0.25) is 0 Å². The number of phenols is 1. The average molecular weight is 278 g/mol. The summed E-state index contributed by atoms with van der Waals surface area (Å²) in [6.07, 6.45) is 1.79. The molecule has 0 aliphatic rings. The molecular formula is C18H18N2O. The largest absolute Gasteiger partial charge is 0.508 e. The van der Waals surface area contributed by atoms with Gasteiger partial charge in [0.1, 0.15) is 5.75 Å². The average Bonchev–Trinajstić information content (AvgIpc) is 2.47. The van der Waals surface area contributed by atoms with E-state index in [1.165, 1.54) is 0 Å². The second-order valence-corrected chi connectivity index (χ2v) is 5.34. The van der Waals surface area contributed by atoms with Crippen molar-refractivity contribution in [2.75, 3.05) is 5.32 Å². The minimum Gasteiger partial charge on any atom is -0.508 e. The maximum absolute atomic E-state index is 10.1. The van der Waals surface area contributed by atoms with E-state index < -0.39 is 0 Å². The summed E-state index contributed by atoms with van der Waals surface area (Å²) in [6.45, 7) is 4.01. The number of anilines is 1. The van der Waals surface area contributed by atoms with E-state index in [4.69, 9.17) is 0 Å². The molecule has 1 unspecified atom stereocenters. The van der Waals surface area contributed by atoms with Crippen LogP contribution in [0.4, 0.5) is 5.69 Å². The van der Waals surface area contributed by atoms with Gasteiger partial charge in [-0.3, -0.25) is 4.98 Å². The van der Waals surface area contributed by atoms with Crippen LogP contribution in [0.2, 0.25) is 0 Å². The van der Waals surface area contributed by atoms with Crippen molar-refractivity contribution >= 4 is 16.6 Å². The van der Waals surface area contributed by atoms with Crippen molar-refractivity contribution in [3.8, 4) is 5.75 Å². The fourth-order valence-corrected chi connectivity index (χ4v) is 2.51. The lowest BCUT2D eigenvalue weighted by molar-refractivity contribution is 0.465. The van der Waals surface area contributed by atoms with Crippen LogP contribution in [0, 0.1) is 6.92 Å². The minimum atomic E-state index is 0.0275. The van der Waals surface area contributed by atoms with Crippen molar-refractivity contribution in [2.24, 2.45) is 0 Å². The Morgan fingerprint density at radius 3 is 2.76 bits per heavy atom. The van der Waals surface area contributed by atoms with Gasteiger partial charge in [-0.05, 0) is 49.7 Å². The Balaban J connectivity index is 1.87. The molecule has 0 aliphatic carbocycles. The molecule has 1 heterocycles. The van der Waals surface area contributed by atoms with Crippen LogP contribution in [-0.4, -0.2) is 10.1 Å². The Morgan fingerprint density at radius 2 is 1.95 bits per heavy atom. The van der Waals surface area contributed by atoms with Crippen LogP contribution in [0.5, 0.6) is 5.75 Å². The topological polar surface area (TPSA) is 45.2 Å². The van der Waals surface area contributed by atoms with Gasteiger partial charge < -0.3 is 10.4 Å². The van der Waals surface area contributed by atoms with Gasteiger partial charge in [-0.1, -0.05) is 18.2 Å². The molecule has 3 rings (SSSR count). The van der Waals surface area contributed by atoms with Gasteiger partial charge >= 0.3 is 0 Å². The number of hydrogen-bond donors (Lipinski definition) is 2. The third-order valence-electron chi connectivity index (χ3n) is 3.64. The van der Waals surface area contributed by atoms with Gasteiger partial charge in [-0.2, -0.15) is 0 Å². The molecule has 2 N–H and O–H groups in total. The zero-order chi connectivity index (χ0) is 14.8. The smallest absolute Gasteiger partial charge is 0.121 e. The molecule has 1 atom stereocenters. The van der Waals surface area contributed by atoms with Crippen LogP contribution in [0.1, 0.15) is 24.1 Å². The van der Waals surface area contributed by atoms with Crippen LogP contribution in [0.3, 0.4) is 0 Å². The SMILES string of the molecule is Cc1ccc(C(C)Nc2ccc3ncccc3c2)c(O)c1. The van der Waals surface area contributed by atoms with E-state index in [0.717, 1.165) is 27.7 Å². The zero-order valence-electron chi connectivity index (χ0n) is 12.2. The Hall–Kier alpha value is -2.55. The van der Waals surface area contributed by atoms with Gasteiger partial charge in [-0.25, -0.2) is 0 Å². The Bertz CT molecular complexity index is 783. The molecule has 106 valence electrons. The molecule has 1 aromatic heterocycles. The normalized spacial score (nSPS) is 12.3. The Kier molecular flexibility index (Phi) is 3.48. The number of aromatic nitrogens is 1. The maximum atomic E-state index is 10.1. The van der Waals surface area contributed by atoms with E-state index in [9.17, 15) is 5.11 Å². The van der Waals surface area contributed by atoms with E-state index in [2.05, 4.69) is 16.4 Å². The number of nitrogens with one attached hydrogen (secondary N) is 1. The summed E-state index contributed by atoms with van der Waals surface area (Å²) in [5, 5.41) is 14.6. The summed E-state index contributed by atoms with van der Waals surface area (Å²) in [5.41, 5.74) is 3.95. The summed E-state index contributed by atoms with van der Waals surface area (Å²) in [4.78, 5) is 4.32. The molecule has 3 aromatic rings. The summed E-state index contributed by atoms with van der Waals surface area (Å²) >= 11 is 0. The summed E-state index contributed by atoms with van der Waals surface area (Å²) in [7, 11) is 0. The first kappa shape index (κ1) is 13.4. The van der Waals surface area contributed by atoms with Crippen molar-refractivity contribution in [3.63, 3.8) is 0 Å². The number of benzene rings is 2. The number of aryl methyl sites for hydroxylation is 1. The molecule has 0 aliphatic heterocycles. The second-order valence-electron chi connectivity index (χ2n) is 5.34. The summed E-state index contributed by atoms with van der Waals surface area (Å²) in [5.74, 6) is 0.331. The molecule has 21 heavy (non-hydrogen) atoms. The molecule has 0 saturated heterocycles. The Labute approximate surface area is 124 Å². The molecule has 0 bridgehead atoms. The fourth-order valence-electron chi connectivity index (χ4n) is 2.51. The highest BCUT2D eigenvalue weighted by molar-refractivity contribution is 5.82. The highest BCUT2D eigenvalue weighted by atomic mass is 16.3. The van der Waals surface area contributed by atoms with E-state index in [1.54, 1.807) is 12.3 Å². The third-order valence-corrected chi connectivity index (χ3v) is 3.64. The molecule has 0 amide bonds. The lowest BCUT2D eigenvalue weighted by Crippen LogP contribution is -2.06. The monoisotopic (exact) mass is 278 g/mol. The minimum absolute atomic E-state index is 0.0275. The lowest BCUT2D eigenvalue weighted by atomic mass is 10.0. The molecule has 0 spiro atoms. The standard InChI is InChI=1S/C18H18N2O/c1-12-5-7-16(18(21)10-12)13(2)20-15-6-8-17-14(11-15)4-3-9-19-17/h3-11,13,20-21H,1-2H3. The predicted octanol–water partition coefficient (Wildman–Crippen LogP) is 4.42.